The van der Waals surface area contributed by atoms with E-state index in [-0.39, 0.29) is 6.61 Å². The van der Waals surface area contributed by atoms with Crippen LogP contribution in [0.3, 0.4) is 0 Å². The predicted molar refractivity (Wildman–Crippen MR) is 81.2 cm³/mol. The van der Waals surface area contributed by atoms with Crippen molar-refractivity contribution >= 4 is 12.0 Å². The van der Waals surface area contributed by atoms with Crippen LogP contribution in [0.25, 0.3) is 0 Å². The minimum absolute atomic E-state index is 0.103. The van der Waals surface area contributed by atoms with Gasteiger partial charge in [0.1, 0.15) is 18.3 Å². The molecule has 1 aromatic rings. The van der Waals surface area contributed by atoms with Crippen LogP contribution in [0.1, 0.15) is 11.6 Å². The summed E-state index contributed by atoms with van der Waals surface area (Å²) < 4.78 is 10.2. The fourth-order valence-corrected chi connectivity index (χ4v) is 2.28. The van der Waals surface area contributed by atoms with Gasteiger partial charge in [-0.25, -0.2) is 4.79 Å². The van der Waals surface area contributed by atoms with Gasteiger partial charge in [-0.1, -0.05) is 31.4 Å². The van der Waals surface area contributed by atoms with Gasteiger partial charge in [0.05, 0.1) is 13.2 Å². The molecule has 0 unspecified atom stereocenters. The summed E-state index contributed by atoms with van der Waals surface area (Å²) in [4.78, 5) is 23.9. The van der Waals surface area contributed by atoms with Gasteiger partial charge in [-0.05, 0) is 17.7 Å². The first-order valence-electron chi connectivity index (χ1n) is 6.74. The van der Waals surface area contributed by atoms with E-state index in [9.17, 15) is 9.59 Å². The number of nitrogens with one attached hydrogen (secondary N) is 2. The Balaban J connectivity index is 2.29. The average molecular weight is 302 g/mol. The number of carbonyl (C=O) groups excluding carboxylic acids is 2. The normalized spacial score (nSPS) is 20.6. The third-order valence-electron chi connectivity index (χ3n) is 3.34. The Morgan fingerprint density at radius 3 is 2.64 bits per heavy atom. The fraction of sp³-hybridized carbons (Fsp3) is 0.250. The molecule has 22 heavy (non-hydrogen) atoms. The van der Waals surface area contributed by atoms with Gasteiger partial charge in [-0.3, -0.25) is 4.79 Å². The number of esters is 1. The van der Waals surface area contributed by atoms with Crippen LogP contribution in [-0.2, 0) is 9.53 Å². The van der Waals surface area contributed by atoms with Crippen LogP contribution in [0.2, 0.25) is 0 Å². The van der Waals surface area contributed by atoms with E-state index in [1.54, 1.807) is 31.4 Å². The predicted octanol–water partition coefficient (Wildman–Crippen LogP) is 1.91. The first-order chi connectivity index (χ1) is 10.6. The molecule has 1 saturated heterocycles. The number of hydrogen-bond acceptors (Lipinski definition) is 4. The molecule has 1 aromatic carbocycles. The van der Waals surface area contributed by atoms with Crippen molar-refractivity contribution in [3.8, 4) is 5.75 Å². The van der Waals surface area contributed by atoms with Crippen LogP contribution in [0.15, 0.2) is 49.2 Å². The van der Waals surface area contributed by atoms with Gasteiger partial charge < -0.3 is 20.1 Å². The standard InChI is InChI=1S/C16H18N2O4/c1-4-9-22-15(19)13-10(2)17-16(20)18-14(13)11-5-7-12(21-3)8-6-11/h4-8,13-14H,1-2,9H2,3H3,(H2,17,18,20)/t13-,14+/m1/s1. The molecule has 2 amide bonds. The minimum atomic E-state index is -0.717. The Bertz CT molecular complexity index is 595. The van der Waals surface area contributed by atoms with Gasteiger partial charge in [-0.2, -0.15) is 0 Å². The Labute approximate surface area is 128 Å². The molecule has 2 atom stereocenters. The summed E-state index contributed by atoms with van der Waals surface area (Å²) in [5.74, 6) is -0.502. The molecule has 0 aliphatic carbocycles. The van der Waals surface area contributed by atoms with Gasteiger partial charge >= 0.3 is 12.0 Å². The van der Waals surface area contributed by atoms with Crippen molar-refractivity contribution in [1.29, 1.82) is 0 Å². The molecule has 1 heterocycles. The molecule has 0 saturated carbocycles. The molecule has 0 aromatic heterocycles. The van der Waals surface area contributed by atoms with Gasteiger partial charge in [0, 0.05) is 5.70 Å². The number of ether oxygens (including phenoxy) is 2. The van der Waals surface area contributed by atoms with Crippen LogP contribution < -0.4 is 15.4 Å². The van der Waals surface area contributed by atoms with Crippen LogP contribution >= 0.6 is 0 Å². The number of hydrogen-bond donors (Lipinski definition) is 2. The number of benzene rings is 1. The molecule has 6 heteroatoms. The number of urea groups is 1. The van der Waals surface area contributed by atoms with Crippen molar-refractivity contribution in [2.75, 3.05) is 13.7 Å². The molecule has 6 nitrogen and oxygen atoms in total. The number of amides is 2. The molecule has 116 valence electrons. The Morgan fingerprint density at radius 1 is 1.36 bits per heavy atom. The van der Waals surface area contributed by atoms with Crippen molar-refractivity contribution in [1.82, 2.24) is 10.6 Å². The average Bonchev–Trinajstić information content (AvgIpc) is 2.52. The monoisotopic (exact) mass is 302 g/mol. The summed E-state index contributed by atoms with van der Waals surface area (Å²) in [6.07, 6.45) is 1.48. The van der Waals surface area contributed by atoms with Gasteiger partial charge in [0.25, 0.3) is 0 Å². The molecule has 1 fully saturated rings. The topological polar surface area (TPSA) is 76.7 Å². The van der Waals surface area contributed by atoms with E-state index in [2.05, 4.69) is 23.8 Å². The lowest BCUT2D eigenvalue weighted by molar-refractivity contribution is -0.147. The second kappa shape index (κ2) is 6.80. The summed E-state index contributed by atoms with van der Waals surface area (Å²) in [5.41, 5.74) is 1.07. The van der Waals surface area contributed by atoms with Crippen LogP contribution in [0.4, 0.5) is 4.79 Å². The lowest BCUT2D eigenvalue weighted by Crippen LogP contribution is -2.51. The smallest absolute Gasteiger partial charge is 0.319 e. The maximum atomic E-state index is 12.2. The molecular formula is C16H18N2O4. The van der Waals surface area contributed by atoms with Gasteiger partial charge in [-0.15, -0.1) is 0 Å². The van der Waals surface area contributed by atoms with Crippen molar-refractivity contribution in [2.24, 2.45) is 5.92 Å². The van der Waals surface area contributed by atoms with E-state index in [1.165, 1.54) is 6.08 Å². The van der Waals surface area contributed by atoms with Crippen LogP contribution in [0, 0.1) is 5.92 Å². The third kappa shape index (κ3) is 3.28. The van der Waals surface area contributed by atoms with Gasteiger partial charge in [0.2, 0.25) is 0 Å². The number of carbonyl (C=O) groups is 2. The highest BCUT2D eigenvalue weighted by Crippen LogP contribution is 2.31. The quantitative estimate of drug-likeness (QED) is 0.643. The summed E-state index contributed by atoms with van der Waals surface area (Å²) in [7, 11) is 1.57. The van der Waals surface area contributed by atoms with Gasteiger partial charge in [0.15, 0.2) is 0 Å². The molecule has 1 aliphatic rings. The molecule has 2 N–H and O–H groups in total. The van der Waals surface area contributed by atoms with E-state index in [1.807, 2.05) is 0 Å². The van der Waals surface area contributed by atoms with Crippen molar-refractivity contribution in [2.45, 2.75) is 6.04 Å². The van der Waals surface area contributed by atoms with E-state index >= 15 is 0 Å². The molecular weight excluding hydrogens is 284 g/mol. The maximum absolute atomic E-state index is 12.2. The lowest BCUT2D eigenvalue weighted by atomic mass is 9.89. The van der Waals surface area contributed by atoms with Crippen molar-refractivity contribution < 1.29 is 19.1 Å². The highest BCUT2D eigenvalue weighted by atomic mass is 16.5. The Hall–Kier alpha value is -2.76. The molecule has 0 bridgehead atoms. The van der Waals surface area contributed by atoms with E-state index in [0.29, 0.717) is 11.4 Å². The summed E-state index contributed by atoms with van der Waals surface area (Å²) in [6, 6.07) is 6.14. The second-order valence-corrected chi connectivity index (χ2v) is 4.77. The zero-order valence-corrected chi connectivity index (χ0v) is 12.3. The zero-order valence-electron chi connectivity index (χ0n) is 12.3. The summed E-state index contributed by atoms with van der Waals surface area (Å²) in [6.45, 7) is 7.37. The molecule has 2 rings (SSSR count). The first kappa shape index (κ1) is 15.6. The minimum Gasteiger partial charge on any atom is -0.497 e. The molecule has 1 aliphatic heterocycles. The highest BCUT2D eigenvalue weighted by molar-refractivity contribution is 5.85. The Kier molecular flexibility index (Phi) is 4.83. The second-order valence-electron chi connectivity index (χ2n) is 4.77. The van der Waals surface area contributed by atoms with Crippen molar-refractivity contribution in [3.63, 3.8) is 0 Å². The van der Waals surface area contributed by atoms with Crippen molar-refractivity contribution in [3.05, 3.63) is 54.8 Å². The highest BCUT2D eigenvalue weighted by Gasteiger charge is 2.38. The van der Waals surface area contributed by atoms with E-state index < -0.39 is 24.0 Å². The van der Waals surface area contributed by atoms with Crippen LogP contribution in [-0.4, -0.2) is 25.7 Å². The SMILES string of the molecule is C=CCOC(=O)[C@@H]1C(=C)NC(=O)N[C@H]1c1ccc(OC)cc1. The summed E-state index contributed by atoms with van der Waals surface area (Å²) in [5, 5.41) is 5.24. The lowest BCUT2D eigenvalue weighted by Gasteiger charge is -2.33. The zero-order chi connectivity index (χ0) is 16.1. The molecule has 0 radical (unpaired) electrons. The summed E-state index contributed by atoms with van der Waals surface area (Å²) >= 11 is 0. The largest absolute Gasteiger partial charge is 0.497 e. The van der Waals surface area contributed by atoms with Crippen LogP contribution in [0.5, 0.6) is 5.75 Å². The fourth-order valence-electron chi connectivity index (χ4n) is 2.28. The third-order valence-corrected chi connectivity index (χ3v) is 3.34. The molecule has 0 spiro atoms. The van der Waals surface area contributed by atoms with E-state index in [0.717, 1.165) is 5.56 Å². The first-order valence-corrected chi connectivity index (χ1v) is 6.74. The number of methoxy groups -OCH3 is 1. The van der Waals surface area contributed by atoms with E-state index in [4.69, 9.17) is 9.47 Å². The number of rotatable bonds is 5. The Morgan fingerprint density at radius 2 is 2.05 bits per heavy atom. The maximum Gasteiger partial charge on any atom is 0.319 e.